The normalized spacial score (nSPS) is 26.7. The van der Waals surface area contributed by atoms with Gasteiger partial charge in [-0.1, -0.05) is 82.1 Å². The number of ether oxygens (including phenoxy) is 2. The maximum atomic E-state index is 14.5. The van der Waals surface area contributed by atoms with E-state index in [4.69, 9.17) is 21.1 Å². The van der Waals surface area contributed by atoms with Gasteiger partial charge in [0.2, 0.25) is 11.8 Å². The van der Waals surface area contributed by atoms with Crippen LogP contribution in [0, 0.1) is 11.8 Å². The third kappa shape index (κ3) is 6.25. The summed E-state index contributed by atoms with van der Waals surface area (Å²) in [5.74, 6) is -3.73. The Hall–Kier alpha value is -3.51. The minimum atomic E-state index is -1.34. The van der Waals surface area contributed by atoms with Crippen LogP contribution in [0.5, 0.6) is 0 Å². The summed E-state index contributed by atoms with van der Waals surface area (Å²) in [4.78, 5) is 57.7. The number of carbonyl (C=O) groups excluding carboxylic acids is 4. The van der Waals surface area contributed by atoms with Gasteiger partial charge in [0, 0.05) is 24.3 Å². The van der Waals surface area contributed by atoms with Crippen LogP contribution in [0.4, 0.5) is 5.69 Å². The summed E-state index contributed by atoms with van der Waals surface area (Å²) >= 11 is 10.2. The third-order valence-corrected chi connectivity index (χ3v) is 10.0. The predicted octanol–water partition coefficient (Wildman–Crippen LogP) is 3.97. The van der Waals surface area contributed by atoms with Gasteiger partial charge in [0.15, 0.2) is 0 Å². The summed E-state index contributed by atoms with van der Waals surface area (Å²) in [6, 6.07) is 14.1. The molecule has 244 valence electrons. The summed E-state index contributed by atoms with van der Waals surface area (Å²) in [6.45, 7) is 6.91. The molecule has 0 aliphatic carbocycles. The highest BCUT2D eigenvalue weighted by atomic mass is 79.9. The van der Waals surface area contributed by atoms with Crippen molar-refractivity contribution < 1.29 is 33.8 Å². The molecule has 7 atom stereocenters. The number of aliphatic hydroxyl groups excluding tert-OH is 1. The van der Waals surface area contributed by atoms with Crippen LogP contribution in [0.25, 0.3) is 0 Å². The Bertz CT molecular complexity index is 1490. The van der Waals surface area contributed by atoms with Crippen LogP contribution in [0.15, 0.2) is 79.9 Å². The van der Waals surface area contributed by atoms with Crippen LogP contribution in [-0.4, -0.2) is 82.6 Å². The molecule has 2 bridgehead atoms. The fraction of sp³-hybridized carbons (Fsp3) is 0.412. The molecule has 0 radical (unpaired) electrons. The molecule has 3 aliphatic heterocycles. The van der Waals surface area contributed by atoms with E-state index in [1.807, 2.05) is 30.3 Å². The molecule has 1 spiro atoms. The van der Waals surface area contributed by atoms with Crippen molar-refractivity contribution in [1.29, 1.82) is 0 Å². The van der Waals surface area contributed by atoms with Gasteiger partial charge in [0.05, 0.1) is 41.3 Å². The molecule has 12 heteroatoms. The van der Waals surface area contributed by atoms with Gasteiger partial charge in [-0.05, 0) is 30.5 Å². The highest BCUT2D eigenvalue weighted by Crippen LogP contribution is 2.60. The first-order valence-electron chi connectivity index (χ1n) is 15.2. The third-order valence-electron chi connectivity index (χ3n) is 8.87. The van der Waals surface area contributed by atoms with E-state index in [0.717, 1.165) is 0 Å². The molecule has 0 saturated carbocycles. The number of benzene rings is 2. The second-order valence-electron chi connectivity index (χ2n) is 11.6. The fourth-order valence-electron chi connectivity index (χ4n) is 6.95. The zero-order chi connectivity index (χ0) is 33.0. The Balaban J connectivity index is 1.47. The number of aliphatic hydroxyl groups is 1. The molecule has 2 aromatic carbocycles. The van der Waals surface area contributed by atoms with Gasteiger partial charge in [0.25, 0.3) is 5.91 Å². The van der Waals surface area contributed by atoms with Crippen molar-refractivity contribution in [2.75, 3.05) is 31.2 Å². The molecule has 3 heterocycles. The van der Waals surface area contributed by atoms with E-state index in [1.54, 1.807) is 36.4 Å². The number of anilines is 1. The second kappa shape index (κ2) is 14.5. The summed E-state index contributed by atoms with van der Waals surface area (Å²) in [5, 5.41) is 13.3. The number of halogens is 2. The Labute approximate surface area is 281 Å². The van der Waals surface area contributed by atoms with E-state index in [9.17, 15) is 24.3 Å². The first-order chi connectivity index (χ1) is 22.2. The Morgan fingerprint density at radius 1 is 1.17 bits per heavy atom. The largest absolute Gasteiger partial charge is 0.463 e. The average Bonchev–Trinajstić information content (AvgIpc) is 3.64. The van der Waals surface area contributed by atoms with Crippen LogP contribution in [0.1, 0.15) is 30.9 Å². The number of β-amino-alcohol motifs (C(OH)–C–C–N with tert-alkyl or cyclic N) is 1. The molecule has 3 saturated heterocycles. The van der Waals surface area contributed by atoms with Crippen molar-refractivity contribution in [3.8, 4) is 0 Å². The summed E-state index contributed by atoms with van der Waals surface area (Å²) in [6.07, 6.45) is 3.40. The summed E-state index contributed by atoms with van der Waals surface area (Å²) in [5.41, 5.74) is -0.186. The molecular weight excluding hydrogens is 678 g/mol. The fourth-order valence-corrected chi connectivity index (χ4v) is 8.13. The average molecular weight is 715 g/mol. The van der Waals surface area contributed by atoms with Crippen LogP contribution in [-0.2, 0) is 28.7 Å². The maximum Gasteiger partial charge on any atom is 0.306 e. The Kier molecular flexibility index (Phi) is 10.7. The molecule has 3 fully saturated rings. The van der Waals surface area contributed by atoms with Gasteiger partial charge in [-0.3, -0.25) is 19.2 Å². The lowest BCUT2D eigenvalue weighted by Crippen LogP contribution is -2.57. The number of rotatable bonds is 14. The summed E-state index contributed by atoms with van der Waals surface area (Å²) < 4.78 is 12.1. The second-order valence-corrected chi connectivity index (χ2v) is 13.2. The zero-order valence-corrected chi connectivity index (χ0v) is 27.6. The van der Waals surface area contributed by atoms with Crippen molar-refractivity contribution in [2.24, 2.45) is 11.8 Å². The molecule has 46 heavy (non-hydrogen) atoms. The number of alkyl halides is 1. The molecule has 3 aliphatic rings. The first kappa shape index (κ1) is 33.8. The number of nitrogens with one attached hydrogen (secondary N) is 1. The predicted molar refractivity (Wildman–Crippen MR) is 176 cm³/mol. The molecule has 0 aromatic heterocycles. The number of para-hydroxylation sites is 1. The number of likely N-dealkylation sites (tertiary alicyclic amines) is 1. The lowest BCUT2D eigenvalue weighted by molar-refractivity contribution is -0.146. The van der Waals surface area contributed by atoms with Crippen LogP contribution >= 0.6 is 27.5 Å². The Morgan fingerprint density at radius 2 is 1.89 bits per heavy atom. The molecule has 2 aromatic rings. The number of esters is 1. The van der Waals surface area contributed by atoms with Gasteiger partial charge < -0.3 is 29.7 Å². The van der Waals surface area contributed by atoms with Crippen molar-refractivity contribution in [2.45, 2.75) is 47.9 Å². The molecule has 3 amide bonds. The van der Waals surface area contributed by atoms with E-state index in [-0.39, 0.29) is 30.9 Å². The van der Waals surface area contributed by atoms with E-state index < -0.39 is 65.9 Å². The molecule has 2 N–H and O–H groups in total. The number of nitrogens with zero attached hydrogens (tertiary/aromatic N) is 2. The quantitative estimate of drug-likeness (QED) is 0.173. The van der Waals surface area contributed by atoms with Gasteiger partial charge in [0.1, 0.15) is 18.2 Å². The van der Waals surface area contributed by atoms with Gasteiger partial charge in [-0.15, -0.1) is 13.2 Å². The smallest absolute Gasteiger partial charge is 0.306 e. The number of hydrogen-bond donors (Lipinski definition) is 2. The highest BCUT2D eigenvalue weighted by molar-refractivity contribution is 9.09. The number of amides is 3. The summed E-state index contributed by atoms with van der Waals surface area (Å²) in [7, 11) is 0. The number of hydrogen-bond acceptors (Lipinski definition) is 7. The highest BCUT2D eigenvalue weighted by Gasteiger charge is 2.76. The zero-order valence-electron chi connectivity index (χ0n) is 25.2. The van der Waals surface area contributed by atoms with Crippen LogP contribution in [0.2, 0.25) is 5.02 Å². The van der Waals surface area contributed by atoms with Crippen LogP contribution < -0.4 is 10.2 Å². The van der Waals surface area contributed by atoms with Crippen LogP contribution in [0.3, 0.4) is 0 Å². The van der Waals surface area contributed by atoms with Crippen molar-refractivity contribution in [3.05, 3.63) is 90.5 Å². The maximum absolute atomic E-state index is 14.5. The SMILES string of the molecule is C=CCCC(=O)OC[C@@H](NC(=O)[C@@H]1[C@H]2O[C@@]3(CC2Br)[C@H](C(=O)N(CC=C)c2ccccc2Cl)N(CCO)C(=O)[C@@H]13)c1ccccc1. The molecule has 5 rings (SSSR count). The molecule has 10 nitrogen and oxygen atoms in total. The lowest BCUT2D eigenvalue weighted by Gasteiger charge is -2.37. The number of carbonyl (C=O) groups is 4. The monoisotopic (exact) mass is 713 g/mol. The standard InChI is InChI=1S/C34H37BrClN3O7/c1-3-5-15-26(41)45-20-24(21-11-7-6-8-12-21)37-31(42)27-28-32(43)39(17-18-40)30(34(28)19-22(35)29(27)46-34)33(44)38(16-4-2)25-14-10-9-13-23(25)36/h3-4,6-14,22,24,27-30,40H,1-2,5,15-20H2,(H,37,42)/t22?,24-,27+,28-,29+,30+,34-/m1/s1. The number of allylic oxidation sites excluding steroid dienone is 1. The van der Waals surface area contributed by atoms with E-state index in [2.05, 4.69) is 34.4 Å². The van der Waals surface area contributed by atoms with Crippen molar-refractivity contribution in [1.82, 2.24) is 10.2 Å². The van der Waals surface area contributed by atoms with Gasteiger partial charge in [-0.25, -0.2) is 0 Å². The Morgan fingerprint density at radius 3 is 2.57 bits per heavy atom. The van der Waals surface area contributed by atoms with Crippen molar-refractivity contribution >= 4 is 56.9 Å². The van der Waals surface area contributed by atoms with Gasteiger partial charge >= 0.3 is 5.97 Å². The first-order valence-corrected chi connectivity index (χ1v) is 16.5. The minimum Gasteiger partial charge on any atom is -0.463 e. The van der Waals surface area contributed by atoms with E-state index in [0.29, 0.717) is 29.1 Å². The number of fused-ring (bicyclic) bond motifs is 1. The lowest BCUT2D eigenvalue weighted by atomic mass is 9.70. The van der Waals surface area contributed by atoms with E-state index in [1.165, 1.54) is 9.80 Å². The van der Waals surface area contributed by atoms with Gasteiger partial charge in [-0.2, -0.15) is 0 Å². The molecule has 1 unspecified atom stereocenters. The molecular formula is C34H37BrClN3O7. The van der Waals surface area contributed by atoms with E-state index >= 15 is 0 Å². The topological polar surface area (TPSA) is 125 Å². The van der Waals surface area contributed by atoms with Crippen molar-refractivity contribution in [3.63, 3.8) is 0 Å². The minimum absolute atomic E-state index is 0.107.